The molecule has 0 radical (unpaired) electrons. The molecule has 0 aliphatic rings. The second kappa shape index (κ2) is 5.55. The summed E-state index contributed by atoms with van der Waals surface area (Å²) in [7, 11) is 1.98. The first-order valence-electron chi connectivity index (χ1n) is 6.02. The van der Waals surface area contributed by atoms with Crippen LogP contribution in [0.3, 0.4) is 0 Å². The Bertz CT molecular complexity index is 546. The third-order valence-electron chi connectivity index (χ3n) is 3.18. The number of halogens is 1. The van der Waals surface area contributed by atoms with Gasteiger partial charge in [0.2, 0.25) is 0 Å². The highest BCUT2D eigenvalue weighted by Gasteiger charge is 2.08. The van der Waals surface area contributed by atoms with Gasteiger partial charge in [-0.3, -0.25) is 4.68 Å². The Morgan fingerprint density at radius 1 is 1.28 bits per heavy atom. The molecule has 2 aromatic rings. The van der Waals surface area contributed by atoms with Crippen LogP contribution in [0, 0.1) is 13.8 Å². The molecule has 0 amide bonds. The molecule has 0 aliphatic carbocycles. The Labute approximate surface area is 113 Å². The van der Waals surface area contributed by atoms with Gasteiger partial charge in [0.25, 0.3) is 0 Å². The molecule has 1 N–H and O–H groups in total. The van der Waals surface area contributed by atoms with E-state index in [4.69, 9.17) is 11.6 Å². The third-order valence-corrected chi connectivity index (χ3v) is 3.41. The van der Waals surface area contributed by atoms with Gasteiger partial charge in [0.15, 0.2) is 0 Å². The van der Waals surface area contributed by atoms with Gasteiger partial charge in [-0.15, -0.1) is 0 Å². The van der Waals surface area contributed by atoms with E-state index in [1.165, 1.54) is 16.8 Å². The highest BCUT2D eigenvalue weighted by molar-refractivity contribution is 6.30. The maximum atomic E-state index is 5.95. The summed E-state index contributed by atoms with van der Waals surface area (Å²) in [5.74, 6) is 0. The van der Waals surface area contributed by atoms with Crippen LogP contribution in [-0.4, -0.2) is 9.78 Å². The minimum Gasteiger partial charge on any atom is -0.308 e. The summed E-state index contributed by atoms with van der Waals surface area (Å²) in [5.41, 5.74) is 4.78. The van der Waals surface area contributed by atoms with Crippen molar-refractivity contribution >= 4 is 11.6 Å². The summed E-state index contributed by atoms with van der Waals surface area (Å²) >= 11 is 5.95. The lowest BCUT2D eigenvalue weighted by Gasteiger charge is -2.06. The maximum absolute atomic E-state index is 5.95. The van der Waals surface area contributed by atoms with Gasteiger partial charge in [-0.05, 0) is 31.5 Å². The van der Waals surface area contributed by atoms with E-state index in [1.807, 2.05) is 36.9 Å². The number of rotatable bonds is 4. The fourth-order valence-electron chi connectivity index (χ4n) is 2.05. The molecule has 0 atom stereocenters. The average molecular weight is 264 g/mol. The monoisotopic (exact) mass is 263 g/mol. The standard InChI is InChI=1S/C14H18ClN3/c1-10-14(11(2)18(3)17-10)9-16-8-12-5-4-6-13(15)7-12/h4-7,16H,8-9H2,1-3H3. The Kier molecular flexibility index (Phi) is 4.04. The number of nitrogens with one attached hydrogen (secondary N) is 1. The number of hydrogen-bond acceptors (Lipinski definition) is 2. The fourth-order valence-corrected chi connectivity index (χ4v) is 2.26. The van der Waals surface area contributed by atoms with Crippen LogP contribution in [0.25, 0.3) is 0 Å². The second-order valence-corrected chi connectivity index (χ2v) is 4.94. The predicted molar refractivity (Wildman–Crippen MR) is 74.7 cm³/mol. The van der Waals surface area contributed by atoms with Crippen LogP contribution in [0.5, 0.6) is 0 Å². The van der Waals surface area contributed by atoms with Gasteiger partial charge in [-0.1, -0.05) is 23.7 Å². The van der Waals surface area contributed by atoms with Crippen LogP contribution in [0.4, 0.5) is 0 Å². The van der Waals surface area contributed by atoms with E-state index in [1.54, 1.807) is 0 Å². The number of hydrogen-bond donors (Lipinski definition) is 1. The van der Waals surface area contributed by atoms with Gasteiger partial charge in [0.05, 0.1) is 5.69 Å². The SMILES string of the molecule is Cc1nn(C)c(C)c1CNCc1cccc(Cl)c1. The zero-order valence-electron chi connectivity index (χ0n) is 11.0. The summed E-state index contributed by atoms with van der Waals surface area (Å²) in [4.78, 5) is 0. The molecule has 0 bridgehead atoms. The predicted octanol–water partition coefficient (Wildman–Crippen LogP) is 2.98. The molecule has 1 heterocycles. The number of aryl methyl sites for hydroxylation is 2. The smallest absolute Gasteiger partial charge is 0.0641 e. The van der Waals surface area contributed by atoms with Crippen LogP contribution in [-0.2, 0) is 20.1 Å². The molecular formula is C14H18ClN3. The van der Waals surface area contributed by atoms with E-state index in [9.17, 15) is 0 Å². The average Bonchev–Trinajstić information content (AvgIpc) is 2.56. The molecule has 1 aromatic heterocycles. The molecular weight excluding hydrogens is 246 g/mol. The van der Waals surface area contributed by atoms with Crippen molar-refractivity contribution in [3.8, 4) is 0 Å². The van der Waals surface area contributed by atoms with E-state index >= 15 is 0 Å². The van der Waals surface area contributed by atoms with Crippen molar-refractivity contribution in [1.29, 1.82) is 0 Å². The molecule has 0 saturated carbocycles. The summed E-state index contributed by atoms with van der Waals surface area (Å²) in [6, 6.07) is 7.92. The Balaban J connectivity index is 1.96. The molecule has 4 heteroatoms. The molecule has 96 valence electrons. The summed E-state index contributed by atoms with van der Waals surface area (Å²) < 4.78 is 1.92. The van der Waals surface area contributed by atoms with Crippen LogP contribution >= 0.6 is 11.6 Å². The molecule has 3 nitrogen and oxygen atoms in total. The molecule has 1 aromatic carbocycles. The number of nitrogens with zero attached hydrogens (tertiary/aromatic N) is 2. The lowest BCUT2D eigenvalue weighted by Crippen LogP contribution is -2.13. The summed E-state index contributed by atoms with van der Waals surface area (Å²) in [5, 5.41) is 8.61. The van der Waals surface area contributed by atoms with Crippen molar-refractivity contribution in [2.45, 2.75) is 26.9 Å². The highest BCUT2D eigenvalue weighted by Crippen LogP contribution is 2.13. The zero-order valence-corrected chi connectivity index (χ0v) is 11.8. The van der Waals surface area contributed by atoms with Crippen LogP contribution in [0.15, 0.2) is 24.3 Å². The quantitative estimate of drug-likeness (QED) is 0.919. The largest absolute Gasteiger partial charge is 0.308 e. The Hall–Kier alpha value is -1.32. The number of benzene rings is 1. The van der Waals surface area contributed by atoms with Crippen molar-refractivity contribution in [3.05, 3.63) is 51.8 Å². The van der Waals surface area contributed by atoms with E-state index in [0.29, 0.717) is 0 Å². The molecule has 0 spiro atoms. The van der Waals surface area contributed by atoms with Crippen LogP contribution in [0.1, 0.15) is 22.5 Å². The van der Waals surface area contributed by atoms with Gasteiger partial charge >= 0.3 is 0 Å². The van der Waals surface area contributed by atoms with Crippen molar-refractivity contribution in [1.82, 2.24) is 15.1 Å². The Morgan fingerprint density at radius 2 is 2.06 bits per heavy atom. The van der Waals surface area contributed by atoms with Crippen molar-refractivity contribution in [3.63, 3.8) is 0 Å². The summed E-state index contributed by atoms with van der Waals surface area (Å²) in [6.45, 7) is 5.78. The third kappa shape index (κ3) is 2.92. The first-order valence-corrected chi connectivity index (χ1v) is 6.40. The van der Waals surface area contributed by atoms with Crippen LogP contribution in [0.2, 0.25) is 5.02 Å². The van der Waals surface area contributed by atoms with Gasteiger partial charge in [-0.2, -0.15) is 5.10 Å². The molecule has 0 fully saturated rings. The van der Waals surface area contributed by atoms with E-state index < -0.39 is 0 Å². The van der Waals surface area contributed by atoms with Crippen molar-refractivity contribution in [2.24, 2.45) is 7.05 Å². The normalized spacial score (nSPS) is 10.9. The van der Waals surface area contributed by atoms with Gasteiger partial charge in [0.1, 0.15) is 0 Å². The molecule has 18 heavy (non-hydrogen) atoms. The summed E-state index contributed by atoms with van der Waals surface area (Å²) in [6.07, 6.45) is 0. The van der Waals surface area contributed by atoms with Gasteiger partial charge in [0, 0.05) is 36.4 Å². The van der Waals surface area contributed by atoms with Gasteiger partial charge < -0.3 is 5.32 Å². The maximum Gasteiger partial charge on any atom is 0.0641 e. The topological polar surface area (TPSA) is 29.9 Å². The highest BCUT2D eigenvalue weighted by atomic mass is 35.5. The first-order chi connectivity index (χ1) is 8.58. The zero-order chi connectivity index (χ0) is 13.1. The first kappa shape index (κ1) is 13.1. The minimum atomic E-state index is 0.781. The molecule has 2 rings (SSSR count). The van der Waals surface area contributed by atoms with Crippen molar-refractivity contribution in [2.75, 3.05) is 0 Å². The Morgan fingerprint density at radius 3 is 2.67 bits per heavy atom. The van der Waals surface area contributed by atoms with Crippen molar-refractivity contribution < 1.29 is 0 Å². The fraction of sp³-hybridized carbons (Fsp3) is 0.357. The minimum absolute atomic E-state index is 0.781. The molecule has 0 unspecified atom stereocenters. The van der Waals surface area contributed by atoms with Gasteiger partial charge in [-0.25, -0.2) is 0 Å². The van der Waals surface area contributed by atoms with E-state index in [-0.39, 0.29) is 0 Å². The number of aromatic nitrogens is 2. The molecule has 0 aliphatic heterocycles. The second-order valence-electron chi connectivity index (χ2n) is 4.51. The lowest BCUT2D eigenvalue weighted by atomic mass is 10.2. The molecule has 0 saturated heterocycles. The van der Waals surface area contributed by atoms with E-state index in [2.05, 4.69) is 23.4 Å². The van der Waals surface area contributed by atoms with Crippen LogP contribution < -0.4 is 5.32 Å². The lowest BCUT2D eigenvalue weighted by molar-refractivity contribution is 0.684. The van der Waals surface area contributed by atoms with E-state index in [0.717, 1.165) is 23.8 Å².